The second-order valence-electron chi connectivity index (χ2n) is 6.01. The van der Waals surface area contributed by atoms with Gasteiger partial charge in [-0.1, -0.05) is 29.8 Å². The van der Waals surface area contributed by atoms with Gasteiger partial charge in [-0.3, -0.25) is 4.79 Å². The Balaban J connectivity index is 1.58. The number of aryl methyl sites for hydroxylation is 1. The summed E-state index contributed by atoms with van der Waals surface area (Å²) in [6, 6.07) is 21.1. The molecule has 0 bridgehead atoms. The van der Waals surface area contributed by atoms with Gasteiger partial charge in [-0.25, -0.2) is 10.2 Å². The summed E-state index contributed by atoms with van der Waals surface area (Å²) >= 11 is 3.33. The highest BCUT2D eigenvalue weighted by Gasteiger charge is 2.09. The Morgan fingerprint density at radius 1 is 1.00 bits per heavy atom. The van der Waals surface area contributed by atoms with Gasteiger partial charge in [0.2, 0.25) is 0 Å². The highest BCUT2D eigenvalue weighted by atomic mass is 79.9. The van der Waals surface area contributed by atoms with Gasteiger partial charge in [0.15, 0.2) is 0 Å². The minimum absolute atomic E-state index is 0.313. The van der Waals surface area contributed by atoms with Crippen LogP contribution in [-0.2, 0) is 0 Å². The Hall–Kier alpha value is -3.25. The fourth-order valence-corrected chi connectivity index (χ4v) is 2.90. The molecule has 3 aromatic rings. The molecule has 0 atom stereocenters. The number of carbonyl (C=O) groups is 2. The molecule has 0 saturated carbocycles. The summed E-state index contributed by atoms with van der Waals surface area (Å²) in [7, 11) is 0. The fourth-order valence-electron chi connectivity index (χ4n) is 2.43. The van der Waals surface area contributed by atoms with E-state index in [1.807, 2.05) is 25.1 Å². The van der Waals surface area contributed by atoms with Gasteiger partial charge < -0.3 is 4.74 Å². The number of halogens is 1. The van der Waals surface area contributed by atoms with Gasteiger partial charge in [-0.15, -0.1) is 0 Å². The van der Waals surface area contributed by atoms with E-state index in [4.69, 9.17) is 4.74 Å². The Labute approximate surface area is 171 Å². The number of esters is 1. The van der Waals surface area contributed by atoms with Crippen molar-refractivity contribution < 1.29 is 14.3 Å². The molecule has 0 aliphatic heterocycles. The molecule has 140 valence electrons. The van der Waals surface area contributed by atoms with E-state index in [-0.39, 0.29) is 5.91 Å². The molecule has 3 aromatic carbocycles. The van der Waals surface area contributed by atoms with Crippen molar-refractivity contribution in [2.75, 3.05) is 0 Å². The Bertz CT molecular complexity index is 1030. The molecule has 6 heteroatoms. The van der Waals surface area contributed by atoms with Crippen LogP contribution in [-0.4, -0.2) is 18.1 Å². The van der Waals surface area contributed by atoms with Gasteiger partial charge in [-0.2, -0.15) is 5.10 Å². The normalized spacial score (nSPS) is 10.6. The first-order valence-electron chi connectivity index (χ1n) is 8.50. The van der Waals surface area contributed by atoms with Crippen molar-refractivity contribution in [3.05, 3.63) is 99.5 Å². The third kappa shape index (κ3) is 5.14. The molecule has 0 radical (unpaired) electrons. The zero-order valence-electron chi connectivity index (χ0n) is 15.1. The summed E-state index contributed by atoms with van der Waals surface area (Å²) in [5.41, 5.74) is 5.22. The topological polar surface area (TPSA) is 67.8 Å². The van der Waals surface area contributed by atoms with Crippen molar-refractivity contribution >= 4 is 34.0 Å². The molecule has 0 saturated heterocycles. The molecule has 0 aromatic heterocycles. The number of nitrogens with zero attached hydrogens (tertiary/aromatic N) is 1. The molecular formula is C22H17BrN2O3. The number of carbonyl (C=O) groups excluding carboxylic acids is 2. The van der Waals surface area contributed by atoms with Gasteiger partial charge in [0.05, 0.1) is 17.3 Å². The Kier molecular flexibility index (Phi) is 6.34. The van der Waals surface area contributed by atoms with E-state index in [1.165, 1.54) is 6.21 Å². The maximum absolute atomic E-state index is 12.2. The number of hydrogen-bond acceptors (Lipinski definition) is 4. The average molecular weight is 437 g/mol. The molecule has 0 spiro atoms. The van der Waals surface area contributed by atoms with E-state index < -0.39 is 5.97 Å². The lowest BCUT2D eigenvalue weighted by Gasteiger charge is -2.05. The SMILES string of the molecule is Cc1cccc(C(=O)Oc2ccc(/C=N/NC(=O)c3ccccc3Br)cc2)c1. The van der Waals surface area contributed by atoms with Gasteiger partial charge >= 0.3 is 5.97 Å². The van der Waals surface area contributed by atoms with Crippen LogP contribution in [0.5, 0.6) is 5.75 Å². The van der Waals surface area contributed by atoms with Crippen LogP contribution in [0.4, 0.5) is 0 Å². The lowest BCUT2D eigenvalue weighted by molar-refractivity contribution is 0.0734. The average Bonchev–Trinajstić information content (AvgIpc) is 2.69. The van der Waals surface area contributed by atoms with E-state index in [9.17, 15) is 9.59 Å². The van der Waals surface area contributed by atoms with Crippen molar-refractivity contribution in [2.24, 2.45) is 5.10 Å². The standard InChI is InChI=1S/C22H17BrN2O3/c1-15-5-4-6-17(13-15)22(27)28-18-11-9-16(10-12-18)14-24-25-21(26)19-7-2-3-8-20(19)23/h2-14H,1H3,(H,25,26)/b24-14+. The zero-order valence-corrected chi connectivity index (χ0v) is 16.6. The number of benzene rings is 3. The van der Waals surface area contributed by atoms with Crippen LogP contribution in [0, 0.1) is 6.92 Å². The highest BCUT2D eigenvalue weighted by Crippen LogP contribution is 2.16. The lowest BCUT2D eigenvalue weighted by Crippen LogP contribution is -2.18. The zero-order chi connectivity index (χ0) is 19.9. The van der Waals surface area contributed by atoms with E-state index >= 15 is 0 Å². The van der Waals surface area contributed by atoms with Crippen LogP contribution < -0.4 is 10.2 Å². The number of nitrogens with one attached hydrogen (secondary N) is 1. The maximum Gasteiger partial charge on any atom is 0.343 e. The van der Waals surface area contributed by atoms with Crippen LogP contribution in [0.3, 0.4) is 0 Å². The Morgan fingerprint density at radius 3 is 2.46 bits per heavy atom. The Morgan fingerprint density at radius 2 is 1.75 bits per heavy atom. The first-order chi connectivity index (χ1) is 13.5. The number of hydrogen-bond donors (Lipinski definition) is 1. The molecule has 0 aliphatic carbocycles. The number of rotatable bonds is 5. The predicted molar refractivity (Wildman–Crippen MR) is 112 cm³/mol. The third-order valence-electron chi connectivity index (χ3n) is 3.84. The van der Waals surface area contributed by atoms with Gasteiger partial charge in [-0.05, 0) is 76.9 Å². The number of hydrazone groups is 1. The minimum atomic E-state index is -0.411. The van der Waals surface area contributed by atoms with E-state index in [2.05, 4.69) is 26.5 Å². The quantitative estimate of drug-likeness (QED) is 0.271. The first kappa shape index (κ1) is 19.5. The van der Waals surface area contributed by atoms with Crippen LogP contribution in [0.15, 0.2) is 82.4 Å². The predicted octanol–water partition coefficient (Wildman–Crippen LogP) is 4.74. The molecule has 28 heavy (non-hydrogen) atoms. The van der Waals surface area contributed by atoms with E-state index in [0.29, 0.717) is 21.3 Å². The highest BCUT2D eigenvalue weighted by molar-refractivity contribution is 9.10. The van der Waals surface area contributed by atoms with Gasteiger partial charge in [0.1, 0.15) is 5.75 Å². The summed E-state index contributed by atoms with van der Waals surface area (Å²) in [6.45, 7) is 1.92. The molecule has 0 aliphatic rings. The van der Waals surface area contributed by atoms with E-state index in [1.54, 1.807) is 54.6 Å². The second-order valence-corrected chi connectivity index (χ2v) is 6.86. The van der Waals surface area contributed by atoms with Crippen LogP contribution in [0.1, 0.15) is 31.8 Å². The van der Waals surface area contributed by atoms with Crippen molar-refractivity contribution in [1.82, 2.24) is 5.43 Å². The van der Waals surface area contributed by atoms with Crippen molar-refractivity contribution in [3.8, 4) is 5.75 Å². The monoisotopic (exact) mass is 436 g/mol. The van der Waals surface area contributed by atoms with Crippen LogP contribution >= 0.6 is 15.9 Å². The second kappa shape index (κ2) is 9.10. The maximum atomic E-state index is 12.2. The molecular weight excluding hydrogens is 420 g/mol. The molecule has 5 nitrogen and oxygen atoms in total. The largest absolute Gasteiger partial charge is 0.423 e. The van der Waals surface area contributed by atoms with Crippen LogP contribution in [0.25, 0.3) is 0 Å². The van der Waals surface area contributed by atoms with Crippen LogP contribution in [0.2, 0.25) is 0 Å². The molecule has 1 amide bonds. The summed E-state index contributed by atoms with van der Waals surface area (Å²) in [5, 5.41) is 3.95. The fraction of sp³-hybridized carbons (Fsp3) is 0.0455. The molecule has 0 heterocycles. The minimum Gasteiger partial charge on any atom is -0.423 e. The first-order valence-corrected chi connectivity index (χ1v) is 9.29. The number of amides is 1. The molecule has 0 unspecified atom stereocenters. The van der Waals surface area contributed by atoms with Gasteiger partial charge in [0.25, 0.3) is 5.91 Å². The van der Waals surface area contributed by atoms with E-state index in [0.717, 1.165) is 11.1 Å². The summed E-state index contributed by atoms with van der Waals surface area (Å²) in [4.78, 5) is 24.2. The number of ether oxygens (including phenoxy) is 1. The summed E-state index contributed by atoms with van der Waals surface area (Å²) in [6.07, 6.45) is 1.51. The molecule has 3 rings (SSSR count). The lowest BCUT2D eigenvalue weighted by atomic mass is 10.1. The van der Waals surface area contributed by atoms with Crippen molar-refractivity contribution in [2.45, 2.75) is 6.92 Å². The van der Waals surface area contributed by atoms with Crippen molar-refractivity contribution in [3.63, 3.8) is 0 Å². The summed E-state index contributed by atoms with van der Waals surface area (Å²) < 4.78 is 6.06. The van der Waals surface area contributed by atoms with Crippen molar-refractivity contribution in [1.29, 1.82) is 0 Å². The smallest absolute Gasteiger partial charge is 0.343 e. The summed E-state index contributed by atoms with van der Waals surface area (Å²) in [5.74, 6) is -0.292. The van der Waals surface area contributed by atoms with Gasteiger partial charge in [0, 0.05) is 4.47 Å². The third-order valence-corrected chi connectivity index (χ3v) is 4.53. The molecule has 0 fully saturated rings. The molecule has 1 N–H and O–H groups in total.